The van der Waals surface area contributed by atoms with Gasteiger partial charge in [-0.15, -0.1) is 0 Å². The Morgan fingerprint density at radius 3 is 1.32 bits per heavy atom. The van der Waals surface area contributed by atoms with Crippen LogP contribution in [0.2, 0.25) is 0 Å². The summed E-state index contributed by atoms with van der Waals surface area (Å²) in [6, 6.07) is 23.1. The van der Waals surface area contributed by atoms with E-state index >= 15 is 0 Å². The molecule has 0 aromatic heterocycles. The second-order valence-electron chi connectivity index (χ2n) is 5.37. The molecule has 3 rings (SSSR count). The first-order valence-corrected chi connectivity index (χ1v) is 11.7. The summed E-state index contributed by atoms with van der Waals surface area (Å²) in [6.07, 6.45) is 0. The normalized spacial score (nSPS) is 11.4. The molecule has 0 saturated heterocycles. The SMILES string of the molecule is Nc1ccc(SOP(=O)(OSc2ccccc2)OSc2ccc(N)cc2)cc1. The molecule has 0 spiro atoms. The molecule has 0 aliphatic carbocycles. The fourth-order valence-electron chi connectivity index (χ4n) is 1.83. The van der Waals surface area contributed by atoms with Gasteiger partial charge in [-0.25, -0.2) is 16.5 Å². The zero-order valence-electron chi connectivity index (χ0n) is 14.5. The lowest BCUT2D eigenvalue weighted by molar-refractivity contribution is 0.350. The summed E-state index contributed by atoms with van der Waals surface area (Å²) in [6.45, 7) is 0. The van der Waals surface area contributed by atoms with Gasteiger partial charge < -0.3 is 11.5 Å². The highest BCUT2D eigenvalue weighted by Crippen LogP contribution is 2.60. The first-order chi connectivity index (χ1) is 13.5. The van der Waals surface area contributed by atoms with E-state index in [0.29, 0.717) is 21.2 Å². The number of hydrogen-bond acceptors (Lipinski definition) is 9. The van der Waals surface area contributed by atoms with E-state index in [0.717, 1.165) is 41.0 Å². The topological polar surface area (TPSA) is 96.8 Å². The molecule has 28 heavy (non-hydrogen) atoms. The number of nitrogen functional groups attached to an aromatic ring is 2. The molecule has 0 amide bonds. The van der Waals surface area contributed by atoms with Crippen LogP contribution >= 0.6 is 44.0 Å². The zero-order valence-corrected chi connectivity index (χ0v) is 17.8. The first-order valence-electron chi connectivity index (χ1n) is 7.97. The average molecular weight is 453 g/mol. The second kappa shape index (κ2) is 10.3. The van der Waals surface area contributed by atoms with Gasteiger partial charge in [-0.2, -0.15) is 0 Å². The monoisotopic (exact) mass is 452 g/mol. The Hall–Kier alpha value is -1.58. The quantitative estimate of drug-likeness (QED) is 0.216. The van der Waals surface area contributed by atoms with Crippen molar-refractivity contribution in [1.29, 1.82) is 0 Å². The van der Waals surface area contributed by atoms with Crippen LogP contribution in [0.1, 0.15) is 0 Å². The fraction of sp³-hybridized carbons (Fsp3) is 0. The van der Waals surface area contributed by atoms with Gasteiger partial charge in [0.2, 0.25) is 0 Å². The molecule has 3 aromatic carbocycles. The van der Waals surface area contributed by atoms with Crippen molar-refractivity contribution >= 4 is 55.3 Å². The second-order valence-corrected chi connectivity index (χ2v) is 9.97. The minimum absolute atomic E-state index is 0.624. The van der Waals surface area contributed by atoms with Gasteiger partial charge in [0.05, 0.1) is 0 Å². The summed E-state index contributed by atoms with van der Waals surface area (Å²) in [7, 11) is -3.91. The summed E-state index contributed by atoms with van der Waals surface area (Å²) in [5, 5.41) is 0. The van der Waals surface area contributed by atoms with Crippen LogP contribution in [0.15, 0.2) is 93.5 Å². The van der Waals surface area contributed by atoms with Crippen molar-refractivity contribution in [3.8, 4) is 0 Å². The van der Waals surface area contributed by atoms with Crippen LogP contribution < -0.4 is 11.5 Å². The van der Waals surface area contributed by atoms with Gasteiger partial charge in [-0.05, 0) is 60.7 Å². The molecule has 4 N–H and O–H groups in total. The minimum atomic E-state index is -3.91. The largest absolute Gasteiger partial charge is 0.509 e. The summed E-state index contributed by atoms with van der Waals surface area (Å²) in [5.41, 5.74) is 12.6. The van der Waals surface area contributed by atoms with Crippen molar-refractivity contribution in [1.82, 2.24) is 0 Å². The summed E-state index contributed by atoms with van der Waals surface area (Å²) in [5.74, 6) is 0. The number of hydrogen-bond donors (Lipinski definition) is 2. The molecule has 0 atom stereocenters. The number of nitrogens with two attached hydrogens (primary N) is 2. The van der Waals surface area contributed by atoms with E-state index in [1.54, 1.807) is 48.5 Å². The van der Waals surface area contributed by atoms with Crippen molar-refractivity contribution < 1.29 is 16.5 Å². The maximum Gasteiger partial charge on any atom is 0.509 e. The van der Waals surface area contributed by atoms with Crippen molar-refractivity contribution in [2.24, 2.45) is 0 Å². The van der Waals surface area contributed by atoms with Crippen molar-refractivity contribution in [3.63, 3.8) is 0 Å². The van der Waals surface area contributed by atoms with E-state index in [1.165, 1.54) is 0 Å². The molecule has 146 valence electrons. The third-order valence-corrected chi connectivity index (χ3v) is 7.66. The minimum Gasteiger partial charge on any atom is -0.399 e. The van der Waals surface area contributed by atoms with Crippen molar-refractivity contribution in [3.05, 3.63) is 78.9 Å². The van der Waals surface area contributed by atoms with Crippen LogP contribution in [-0.2, 0) is 16.5 Å². The van der Waals surface area contributed by atoms with Crippen LogP contribution in [0.3, 0.4) is 0 Å². The summed E-state index contributed by atoms with van der Waals surface area (Å²) < 4.78 is 29.4. The molecule has 0 aliphatic rings. The lowest BCUT2D eigenvalue weighted by atomic mass is 10.3. The molecule has 0 radical (unpaired) electrons. The third kappa shape index (κ3) is 6.79. The van der Waals surface area contributed by atoms with Gasteiger partial charge in [-0.1, -0.05) is 18.2 Å². The van der Waals surface area contributed by atoms with E-state index in [4.69, 9.17) is 23.4 Å². The Labute approximate surface area is 176 Å². The van der Waals surface area contributed by atoms with Gasteiger partial charge in [0.15, 0.2) is 0 Å². The van der Waals surface area contributed by atoms with E-state index in [1.807, 2.05) is 30.3 Å². The average Bonchev–Trinajstić information content (AvgIpc) is 2.72. The van der Waals surface area contributed by atoms with Gasteiger partial charge in [-0.3, -0.25) is 0 Å². The lowest BCUT2D eigenvalue weighted by Crippen LogP contribution is -1.89. The zero-order chi connectivity index (χ0) is 19.8. The number of benzene rings is 3. The highest BCUT2D eigenvalue weighted by atomic mass is 32.2. The van der Waals surface area contributed by atoms with E-state index in [2.05, 4.69) is 0 Å². The van der Waals surface area contributed by atoms with Gasteiger partial charge in [0, 0.05) is 62.2 Å². The Morgan fingerprint density at radius 2 is 0.929 bits per heavy atom. The molecule has 0 saturated carbocycles. The molecule has 10 heteroatoms. The van der Waals surface area contributed by atoms with Crippen LogP contribution in [0.25, 0.3) is 0 Å². The van der Waals surface area contributed by atoms with Gasteiger partial charge >= 0.3 is 7.82 Å². The maximum absolute atomic E-state index is 13.1. The molecule has 0 fully saturated rings. The van der Waals surface area contributed by atoms with E-state index in [9.17, 15) is 4.57 Å². The van der Waals surface area contributed by atoms with Crippen molar-refractivity contribution in [2.45, 2.75) is 14.7 Å². The third-order valence-electron chi connectivity index (χ3n) is 3.18. The Kier molecular flexibility index (Phi) is 7.75. The summed E-state index contributed by atoms with van der Waals surface area (Å²) >= 11 is 2.71. The molecule has 0 heterocycles. The number of anilines is 2. The molecule has 0 bridgehead atoms. The molecule has 0 unspecified atom stereocenters. The van der Waals surface area contributed by atoms with Gasteiger partial charge in [0.1, 0.15) is 0 Å². The van der Waals surface area contributed by atoms with Crippen LogP contribution in [0.4, 0.5) is 11.4 Å². The first kappa shape index (κ1) is 21.1. The molecule has 6 nitrogen and oxygen atoms in total. The molecular weight excluding hydrogens is 435 g/mol. The molecule has 3 aromatic rings. The maximum atomic E-state index is 13.1. The lowest BCUT2D eigenvalue weighted by Gasteiger charge is -2.15. The number of phosphoric acid groups is 1. The smallest absolute Gasteiger partial charge is 0.399 e. The Bertz CT molecular complexity index is 874. The number of rotatable bonds is 9. The van der Waals surface area contributed by atoms with Gasteiger partial charge in [0.25, 0.3) is 0 Å². The predicted molar refractivity (Wildman–Crippen MR) is 117 cm³/mol. The highest BCUT2D eigenvalue weighted by Gasteiger charge is 2.31. The highest BCUT2D eigenvalue weighted by molar-refractivity contribution is 8.04. The van der Waals surface area contributed by atoms with E-state index < -0.39 is 7.82 Å². The molecular formula is C18H17N2O4PS3. The van der Waals surface area contributed by atoms with Crippen LogP contribution in [0.5, 0.6) is 0 Å². The standard InChI is InChI=1S/C18H17N2O4PS3/c19-14-6-10-17(11-7-14)27-23-25(21,22-26-16-4-2-1-3-5-16)24-28-18-12-8-15(20)9-13-18/h1-13H,19-20H2. The fourth-order valence-corrected chi connectivity index (χ4v) is 5.69. The Morgan fingerprint density at radius 1 is 0.571 bits per heavy atom. The summed E-state index contributed by atoms with van der Waals surface area (Å²) in [4.78, 5) is 2.19. The van der Waals surface area contributed by atoms with Crippen LogP contribution in [-0.4, -0.2) is 0 Å². The molecule has 0 aliphatic heterocycles. The van der Waals surface area contributed by atoms with E-state index in [-0.39, 0.29) is 0 Å². The van der Waals surface area contributed by atoms with Crippen LogP contribution in [0, 0.1) is 0 Å². The predicted octanol–water partition coefficient (Wildman–Crippen LogP) is 6.43. The van der Waals surface area contributed by atoms with Crippen molar-refractivity contribution in [2.75, 3.05) is 11.5 Å². The Balaban J connectivity index is 1.66.